The van der Waals surface area contributed by atoms with Gasteiger partial charge in [0.2, 0.25) is 0 Å². The van der Waals surface area contributed by atoms with Gasteiger partial charge in [0.25, 0.3) is 0 Å². The van der Waals surface area contributed by atoms with Crippen LogP contribution in [0.3, 0.4) is 0 Å². The van der Waals surface area contributed by atoms with E-state index in [1.165, 1.54) is 31.4 Å². The number of hydrogen-bond donors (Lipinski definition) is 0. The largest absolute Gasteiger partial charge is 0.343 e. The molecule has 1 aliphatic heterocycles. The Balaban J connectivity index is 0.000000574. The fraction of sp³-hybridized carbons (Fsp3) is 0.571. The van der Waals surface area contributed by atoms with Gasteiger partial charge in [-0.1, -0.05) is 13.8 Å². The van der Waals surface area contributed by atoms with Crippen LogP contribution < -0.4 is 0 Å². The molecule has 18 heavy (non-hydrogen) atoms. The lowest BCUT2D eigenvalue weighted by molar-refractivity contribution is 0.224. The van der Waals surface area contributed by atoms with Crippen molar-refractivity contribution in [2.24, 2.45) is 0 Å². The van der Waals surface area contributed by atoms with Crippen LogP contribution in [0.1, 0.15) is 32.7 Å². The third-order valence-corrected chi connectivity index (χ3v) is 3.48. The molecule has 2 aromatic rings. The summed E-state index contributed by atoms with van der Waals surface area (Å²) in [6.07, 6.45) is 6.37. The molecule has 0 atom stereocenters. The van der Waals surface area contributed by atoms with Crippen LogP contribution in [0.15, 0.2) is 24.5 Å². The highest BCUT2D eigenvalue weighted by Gasteiger charge is 2.19. The average molecular weight is 246 g/mol. The number of hydrogen-bond acceptors (Lipinski definition) is 3. The Hall–Kier alpha value is -1.42. The first-order valence-corrected chi connectivity index (χ1v) is 6.81. The van der Waals surface area contributed by atoms with Crippen LogP contribution in [0.5, 0.6) is 0 Å². The molecule has 0 unspecified atom stereocenters. The van der Waals surface area contributed by atoms with Crippen LogP contribution in [0.25, 0.3) is 11.0 Å². The van der Waals surface area contributed by atoms with E-state index in [4.69, 9.17) is 0 Å². The second-order valence-corrected chi connectivity index (χ2v) is 4.56. The summed E-state index contributed by atoms with van der Waals surface area (Å²) >= 11 is 0. The molecule has 4 heteroatoms. The summed E-state index contributed by atoms with van der Waals surface area (Å²) in [5.41, 5.74) is 2.21. The summed E-state index contributed by atoms with van der Waals surface area (Å²) in [5.74, 6) is 0. The van der Waals surface area contributed by atoms with Gasteiger partial charge in [-0.25, -0.2) is 0 Å². The van der Waals surface area contributed by atoms with Crippen LogP contribution in [-0.2, 0) is 0 Å². The highest BCUT2D eigenvalue weighted by molar-refractivity contribution is 5.74. The second kappa shape index (κ2) is 5.96. The summed E-state index contributed by atoms with van der Waals surface area (Å²) in [4.78, 5) is 2.39. The Bertz CT molecular complexity index is 483. The van der Waals surface area contributed by atoms with E-state index < -0.39 is 0 Å². The molecule has 0 aliphatic carbocycles. The Kier molecular flexibility index (Phi) is 4.31. The van der Waals surface area contributed by atoms with Crippen LogP contribution in [0.4, 0.5) is 0 Å². The van der Waals surface area contributed by atoms with Gasteiger partial charge in [-0.05, 0) is 45.1 Å². The number of likely N-dealkylation sites (tertiary alicyclic amines) is 1. The van der Waals surface area contributed by atoms with E-state index in [-0.39, 0.29) is 0 Å². The van der Waals surface area contributed by atoms with Gasteiger partial charge in [0.05, 0.1) is 11.7 Å². The van der Waals surface area contributed by atoms with Crippen LogP contribution in [0, 0.1) is 0 Å². The first kappa shape index (κ1) is 13.0. The van der Waals surface area contributed by atoms with Crippen molar-refractivity contribution in [3.8, 4) is 0 Å². The van der Waals surface area contributed by atoms with Gasteiger partial charge in [0, 0.05) is 12.2 Å². The van der Waals surface area contributed by atoms with Gasteiger partial charge in [0.15, 0.2) is 0 Å². The van der Waals surface area contributed by atoms with Gasteiger partial charge in [0.1, 0.15) is 5.52 Å². The van der Waals surface area contributed by atoms with Crippen molar-refractivity contribution in [1.82, 2.24) is 19.7 Å². The summed E-state index contributed by atoms with van der Waals surface area (Å²) in [6, 6.07) is 4.74. The zero-order chi connectivity index (χ0) is 13.0. The van der Waals surface area contributed by atoms with Crippen molar-refractivity contribution in [1.29, 1.82) is 0 Å². The van der Waals surface area contributed by atoms with Gasteiger partial charge in [-0.15, -0.1) is 5.10 Å². The number of rotatable bonds is 1. The predicted octanol–water partition coefficient (Wildman–Crippen LogP) is 2.72. The minimum Gasteiger partial charge on any atom is -0.343 e. The number of aromatic nitrogens is 3. The molecule has 1 fully saturated rings. The van der Waals surface area contributed by atoms with Crippen molar-refractivity contribution in [2.75, 3.05) is 20.1 Å². The van der Waals surface area contributed by atoms with Crippen molar-refractivity contribution in [3.05, 3.63) is 24.5 Å². The minimum atomic E-state index is 0.623. The van der Waals surface area contributed by atoms with Gasteiger partial charge < -0.3 is 9.47 Å². The Morgan fingerprint density at radius 2 is 1.89 bits per heavy atom. The molecule has 0 saturated carbocycles. The van der Waals surface area contributed by atoms with E-state index in [0.717, 1.165) is 5.52 Å². The molecule has 0 radical (unpaired) electrons. The van der Waals surface area contributed by atoms with E-state index in [9.17, 15) is 0 Å². The molecular formula is C14H22N4. The zero-order valence-corrected chi connectivity index (χ0v) is 11.5. The highest BCUT2D eigenvalue weighted by atomic mass is 15.1. The predicted molar refractivity (Wildman–Crippen MR) is 74.6 cm³/mol. The molecule has 3 heterocycles. The molecule has 0 spiro atoms. The molecule has 0 aromatic carbocycles. The standard InChI is InChI=1S/C12H16N4.C2H6/c1-15-7-3-10(4-8-15)16-9-5-11-12(16)2-6-13-14-11;1-2/h2,5-6,9-10H,3-4,7-8H2,1H3;1-2H3. The molecule has 0 bridgehead atoms. The summed E-state index contributed by atoms with van der Waals surface area (Å²) < 4.78 is 2.36. The Morgan fingerprint density at radius 3 is 2.61 bits per heavy atom. The molecule has 2 aromatic heterocycles. The molecule has 0 N–H and O–H groups in total. The lowest BCUT2D eigenvalue weighted by atomic mass is 10.1. The lowest BCUT2D eigenvalue weighted by Crippen LogP contribution is -2.31. The van der Waals surface area contributed by atoms with E-state index >= 15 is 0 Å². The smallest absolute Gasteiger partial charge is 0.111 e. The van der Waals surface area contributed by atoms with E-state index in [1.807, 2.05) is 13.8 Å². The van der Waals surface area contributed by atoms with Crippen molar-refractivity contribution in [2.45, 2.75) is 32.7 Å². The Labute approximate surface area is 109 Å². The maximum Gasteiger partial charge on any atom is 0.111 e. The molecule has 0 amide bonds. The van der Waals surface area contributed by atoms with Gasteiger partial charge >= 0.3 is 0 Å². The van der Waals surface area contributed by atoms with E-state index in [1.54, 1.807) is 6.20 Å². The van der Waals surface area contributed by atoms with E-state index in [0.29, 0.717) is 6.04 Å². The third-order valence-electron chi connectivity index (χ3n) is 3.48. The second-order valence-electron chi connectivity index (χ2n) is 4.56. The molecule has 98 valence electrons. The fourth-order valence-electron chi connectivity index (χ4n) is 2.50. The first-order valence-electron chi connectivity index (χ1n) is 6.81. The van der Waals surface area contributed by atoms with E-state index in [2.05, 4.69) is 45.0 Å². The minimum absolute atomic E-state index is 0.623. The first-order chi connectivity index (χ1) is 8.84. The van der Waals surface area contributed by atoms with Crippen LogP contribution in [-0.4, -0.2) is 39.8 Å². The number of piperidine rings is 1. The maximum absolute atomic E-state index is 4.13. The van der Waals surface area contributed by atoms with Crippen molar-refractivity contribution >= 4 is 11.0 Å². The maximum atomic E-state index is 4.13. The average Bonchev–Trinajstić information content (AvgIpc) is 2.86. The van der Waals surface area contributed by atoms with Crippen molar-refractivity contribution in [3.63, 3.8) is 0 Å². The summed E-state index contributed by atoms with van der Waals surface area (Å²) in [5, 5.41) is 8.04. The van der Waals surface area contributed by atoms with Crippen molar-refractivity contribution < 1.29 is 0 Å². The molecule has 1 aliphatic rings. The summed E-state index contributed by atoms with van der Waals surface area (Å²) in [7, 11) is 2.19. The molecular weight excluding hydrogens is 224 g/mol. The van der Waals surface area contributed by atoms with Gasteiger partial charge in [-0.2, -0.15) is 5.10 Å². The third kappa shape index (κ3) is 2.53. The molecule has 3 rings (SSSR count). The molecule has 1 saturated heterocycles. The Morgan fingerprint density at radius 1 is 1.17 bits per heavy atom. The quantitative estimate of drug-likeness (QED) is 0.776. The molecule has 4 nitrogen and oxygen atoms in total. The lowest BCUT2D eigenvalue weighted by Gasteiger charge is -2.30. The fourth-order valence-corrected chi connectivity index (χ4v) is 2.50. The summed E-state index contributed by atoms with van der Waals surface area (Å²) in [6.45, 7) is 6.37. The topological polar surface area (TPSA) is 34.0 Å². The highest BCUT2D eigenvalue weighted by Crippen LogP contribution is 2.25. The van der Waals surface area contributed by atoms with Crippen LogP contribution in [0.2, 0.25) is 0 Å². The van der Waals surface area contributed by atoms with Gasteiger partial charge in [-0.3, -0.25) is 0 Å². The van der Waals surface area contributed by atoms with Crippen LogP contribution >= 0.6 is 0 Å². The number of nitrogens with zero attached hydrogens (tertiary/aromatic N) is 4. The monoisotopic (exact) mass is 246 g/mol. The normalized spacial score (nSPS) is 17.5. The number of fused-ring (bicyclic) bond motifs is 1. The SMILES string of the molecule is CC.CN1CCC(n2ccc3nnccc32)CC1. The zero-order valence-electron chi connectivity index (χ0n) is 11.5.